The molecule has 1 rings (SSSR count). The number of rotatable bonds is 7. The topological polar surface area (TPSA) is 86.1 Å². The molecule has 0 heterocycles. The minimum Gasteiger partial charge on any atom is -0.481 e. The maximum atomic E-state index is 10.5. The Balaban J connectivity index is 2.35. The van der Waals surface area contributed by atoms with Gasteiger partial charge in [-0.25, -0.2) is 0 Å². The normalized spacial score (nSPS) is 9.65. The number of benzene rings is 1. The molecular weight excluding hydrogens is 218 g/mol. The first-order valence-corrected chi connectivity index (χ1v) is 5.53. The number of nitrogens with zero attached hydrogens (tertiary/aromatic N) is 3. The van der Waals surface area contributed by atoms with Crippen LogP contribution in [0.5, 0.6) is 0 Å². The van der Waals surface area contributed by atoms with Crippen LogP contribution in [-0.4, -0.2) is 17.6 Å². The van der Waals surface area contributed by atoms with Crippen LogP contribution in [0.1, 0.15) is 24.0 Å². The molecule has 0 unspecified atom stereocenters. The molecule has 0 atom stereocenters. The van der Waals surface area contributed by atoms with Crippen LogP contribution in [0.4, 0.5) is 0 Å². The van der Waals surface area contributed by atoms with Crippen molar-refractivity contribution in [3.8, 4) is 0 Å². The van der Waals surface area contributed by atoms with Gasteiger partial charge in [0.1, 0.15) is 0 Å². The van der Waals surface area contributed by atoms with Gasteiger partial charge in [0.25, 0.3) is 0 Å². The maximum absolute atomic E-state index is 10.5. The Labute approximate surface area is 99.7 Å². The van der Waals surface area contributed by atoms with Gasteiger partial charge in [0.05, 0.1) is 6.42 Å². The second kappa shape index (κ2) is 7.30. The zero-order valence-electron chi connectivity index (χ0n) is 9.54. The molecule has 1 N–H and O–H groups in total. The average Bonchev–Trinajstić information content (AvgIpc) is 2.30. The molecule has 0 aliphatic heterocycles. The van der Waals surface area contributed by atoms with Crippen molar-refractivity contribution < 1.29 is 9.90 Å². The van der Waals surface area contributed by atoms with Crippen LogP contribution in [0.15, 0.2) is 29.4 Å². The first kappa shape index (κ1) is 13.1. The van der Waals surface area contributed by atoms with Crippen molar-refractivity contribution >= 4 is 5.97 Å². The Morgan fingerprint density at radius 1 is 1.24 bits per heavy atom. The molecule has 90 valence electrons. The minimum atomic E-state index is -0.813. The molecule has 17 heavy (non-hydrogen) atoms. The third kappa shape index (κ3) is 5.58. The van der Waals surface area contributed by atoms with E-state index in [4.69, 9.17) is 10.6 Å². The average molecular weight is 233 g/mol. The Kier molecular flexibility index (Phi) is 5.61. The monoisotopic (exact) mass is 233 g/mol. The van der Waals surface area contributed by atoms with E-state index in [0.29, 0.717) is 6.54 Å². The Morgan fingerprint density at radius 2 is 1.88 bits per heavy atom. The summed E-state index contributed by atoms with van der Waals surface area (Å²) in [5, 5.41) is 12.1. The molecule has 0 saturated heterocycles. The predicted molar refractivity (Wildman–Crippen MR) is 64.7 cm³/mol. The standard InChI is InChI=1S/C12H15N3O2/c13-15-14-8-2-1-3-10-4-6-11(7-5-10)9-12(16)17/h4-7H,1-3,8-9H2,(H,16,17). The van der Waals surface area contributed by atoms with Crippen molar-refractivity contribution in [2.24, 2.45) is 5.11 Å². The highest BCUT2D eigenvalue weighted by Gasteiger charge is 2.00. The van der Waals surface area contributed by atoms with E-state index in [1.54, 1.807) is 0 Å². The summed E-state index contributed by atoms with van der Waals surface area (Å²) in [5.74, 6) is -0.813. The van der Waals surface area contributed by atoms with Gasteiger partial charge < -0.3 is 5.11 Å². The number of hydrogen-bond acceptors (Lipinski definition) is 2. The summed E-state index contributed by atoms with van der Waals surface area (Å²) in [5.41, 5.74) is 10.1. The van der Waals surface area contributed by atoms with Crippen molar-refractivity contribution in [1.29, 1.82) is 0 Å². The summed E-state index contributed by atoms with van der Waals surface area (Å²) >= 11 is 0. The summed E-state index contributed by atoms with van der Waals surface area (Å²) in [4.78, 5) is 13.2. The molecule has 5 nitrogen and oxygen atoms in total. The Morgan fingerprint density at radius 3 is 2.47 bits per heavy atom. The molecule has 0 aromatic heterocycles. The fourth-order valence-corrected chi connectivity index (χ4v) is 1.55. The van der Waals surface area contributed by atoms with E-state index in [1.807, 2.05) is 24.3 Å². The number of hydrogen-bond donors (Lipinski definition) is 1. The van der Waals surface area contributed by atoms with Crippen molar-refractivity contribution in [1.82, 2.24) is 0 Å². The van der Waals surface area contributed by atoms with Gasteiger partial charge in [0, 0.05) is 11.5 Å². The molecule has 0 radical (unpaired) electrons. The Bertz CT molecular complexity index is 408. The van der Waals surface area contributed by atoms with Crippen LogP contribution in [0.3, 0.4) is 0 Å². The van der Waals surface area contributed by atoms with Crippen LogP contribution in [-0.2, 0) is 17.6 Å². The lowest BCUT2D eigenvalue weighted by Gasteiger charge is -2.02. The number of aliphatic carboxylic acids is 1. The number of carbonyl (C=O) groups is 1. The van der Waals surface area contributed by atoms with E-state index >= 15 is 0 Å². The second-order valence-corrected chi connectivity index (χ2v) is 3.80. The molecule has 0 fully saturated rings. The summed E-state index contributed by atoms with van der Waals surface area (Å²) < 4.78 is 0. The van der Waals surface area contributed by atoms with Gasteiger partial charge in [0.2, 0.25) is 0 Å². The first-order chi connectivity index (χ1) is 8.22. The van der Waals surface area contributed by atoms with Crippen molar-refractivity contribution in [3.05, 3.63) is 45.8 Å². The van der Waals surface area contributed by atoms with Gasteiger partial charge in [-0.1, -0.05) is 29.4 Å². The highest BCUT2D eigenvalue weighted by molar-refractivity contribution is 5.70. The number of carboxylic acid groups (broad SMARTS) is 1. The maximum Gasteiger partial charge on any atom is 0.307 e. The van der Waals surface area contributed by atoms with Gasteiger partial charge >= 0.3 is 5.97 Å². The molecule has 0 aliphatic rings. The van der Waals surface area contributed by atoms with E-state index in [9.17, 15) is 4.79 Å². The van der Waals surface area contributed by atoms with Crippen LogP contribution >= 0.6 is 0 Å². The molecular formula is C12H15N3O2. The number of azide groups is 1. The van der Waals surface area contributed by atoms with Gasteiger partial charge in [-0.3, -0.25) is 4.79 Å². The number of carboxylic acids is 1. The van der Waals surface area contributed by atoms with Gasteiger partial charge in [-0.05, 0) is 35.9 Å². The van der Waals surface area contributed by atoms with E-state index in [-0.39, 0.29) is 6.42 Å². The Hall–Kier alpha value is -2.00. The smallest absolute Gasteiger partial charge is 0.307 e. The van der Waals surface area contributed by atoms with Crippen molar-refractivity contribution in [2.75, 3.05) is 6.54 Å². The summed E-state index contributed by atoms with van der Waals surface area (Å²) in [6.07, 6.45) is 2.84. The fourth-order valence-electron chi connectivity index (χ4n) is 1.55. The third-order valence-corrected chi connectivity index (χ3v) is 2.42. The van der Waals surface area contributed by atoms with E-state index in [0.717, 1.165) is 24.8 Å². The molecule has 0 aliphatic carbocycles. The summed E-state index contributed by atoms with van der Waals surface area (Å²) in [6, 6.07) is 7.59. The molecule has 0 saturated carbocycles. The first-order valence-electron chi connectivity index (χ1n) is 5.53. The summed E-state index contributed by atoms with van der Waals surface area (Å²) in [7, 11) is 0. The van der Waals surface area contributed by atoms with E-state index < -0.39 is 5.97 Å². The molecule has 0 bridgehead atoms. The third-order valence-electron chi connectivity index (χ3n) is 2.42. The zero-order valence-corrected chi connectivity index (χ0v) is 9.54. The van der Waals surface area contributed by atoms with E-state index in [1.165, 1.54) is 5.56 Å². The lowest BCUT2D eigenvalue weighted by Crippen LogP contribution is -1.99. The number of unbranched alkanes of at least 4 members (excludes halogenated alkanes) is 1. The molecule has 0 amide bonds. The van der Waals surface area contributed by atoms with E-state index in [2.05, 4.69) is 10.0 Å². The lowest BCUT2D eigenvalue weighted by atomic mass is 10.0. The van der Waals surface area contributed by atoms with Crippen LogP contribution in [0, 0.1) is 0 Å². The summed E-state index contributed by atoms with van der Waals surface area (Å²) in [6.45, 7) is 0.535. The SMILES string of the molecule is [N-]=[N+]=NCCCCc1ccc(CC(=O)O)cc1. The molecule has 1 aromatic rings. The molecule has 0 spiro atoms. The van der Waals surface area contributed by atoms with Crippen molar-refractivity contribution in [3.63, 3.8) is 0 Å². The molecule has 1 aromatic carbocycles. The van der Waals surface area contributed by atoms with Crippen molar-refractivity contribution in [2.45, 2.75) is 25.7 Å². The van der Waals surface area contributed by atoms with Gasteiger partial charge in [-0.15, -0.1) is 0 Å². The largest absolute Gasteiger partial charge is 0.481 e. The van der Waals surface area contributed by atoms with Crippen LogP contribution in [0.25, 0.3) is 10.4 Å². The highest BCUT2D eigenvalue weighted by Crippen LogP contribution is 2.08. The van der Waals surface area contributed by atoms with Gasteiger partial charge in [-0.2, -0.15) is 0 Å². The van der Waals surface area contributed by atoms with Gasteiger partial charge in [0.15, 0.2) is 0 Å². The second-order valence-electron chi connectivity index (χ2n) is 3.80. The molecule has 5 heteroatoms. The minimum absolute atomic E-state index is 0.0666. The predicted octanol–water partition coefficient (Wildman–Crippen LogP) is 2.95. The van der Waals surface area contributed by atoms with Crippen LogP contribution < -0.4 is 0 Å². The lowest BCUT2D eigenvalue weighted by molar-refractivity contribution is -0.136. The highest BCUT2D eigenvalue weighted by atomic mass is 16.4. The zero-order chi connectivity index (χ0) is 12.5. The van der Waals surface area contributed by atoms with Crippen LogP contribution in [0.2, 0.25) is 0 Å². The number of aryl methyl sites for hydroxylation is 1. The fraction of sp³-hybridized carbons (Fsp3) is 0.417. The quantitative estimate of drug-likeness (QED) is 0.339.